The lowest BCUT2D eigenvalue weighted by Gasteiger charge is -2.30. The Hall–Kier alpha value is -2.79. The molecule has 1 fully saturated rings. The zero-order valence-corrected chi connectivity index (χ0v) is 18.4. The summed E-state index contributed by atoms with van der Waals surface area (Å²) >= 11 is 1.17. The first-order valence-electron chi connectivity index (χ1n) is 9.88. The Kier molecular flexibility index (Phi) is 10.1. The normalized spacial score (nSPS) is 17.9. The van der Waals surface area contributed by atoms with Crippen LogP contribution in [0.15, 0.2) is 24.3 Å². The number of esters is 1. The predicted molar refractivity (Wildman–Crippen MR) is 115 cm³/mol. The van der Waals surface area contributed by atoms with Gasteiger partial charge in [0.1, 0.15) is 17.8 Å². The van der Waals surface area contributed by atoms with Crippen molar-refractivity contribution in [2.24, 2.45) is 0 Å². The number of hydrogen-bond donors (Lipinski definition) is 4. The molecule has 0 saturated carbocycles. The molecule has 31 heavy (non-hydrogen) atoms. The van der Waals surface area contributed by atoms with Gasteiger partial charge in [-0.1, -0.05) is 12.1 Å². The molecule has 0 radical (unpaired) electrons. The number of amides is 3. The molecule has 4 N–H and O–H groups in total. The van der Waals surface area contributed by atoms with Gasteiger partial charge in [-0.15, -0.1) is 11.8 Å². The molecule has 1 saturated heterocycles. The third-order valence-corrected chi connectivity index (χ3v) is 5.30. The second-order valence-corrected chi connectivity index (χ2v) is 7.83. The molecule has 2 rings (SSSR count). The Bertz CT molecular complexity index is 791. The van der Waals surface area contributed by atoms with Gasteiger partial charge in [0.05, 0.1) is 19.5 Å². The van der Waals surface area contributed by atoms with Crippen molar-refractivity contribution >= 4 is 35.5 Å². The van der Waals surface area contributed by atoms with E-state index in [9.17, 15) is 19.2 Å². The average molecular weight is 453 g/mol. The van der Waals surface area contributed by atoms with E-state index in [0.717, 1.165) is 5.56 Å². The highest BCUT2D eigenvalue weighted by molar-refractivity contribution is 8.00. The molecule has 3 amide bonds. The van der Waals surface area contributed by atoms with E-state index in [4.69, 9.17) is 9.47 Å². The van der Waals surface area contributed by atoms with Crippen molar-refractivity contribution in [2.75, 3.05) is 26.0 Å². The van der Waals surface area contributed by atoms with Crippen LogP contribution in [0.4, 0.5) is 0 Å². The highest BCUT2D eigenvalue weighted by atomic mass is 32.2. The van der Waals surface area contributed by atoms with Gasteiger partial charge >= 0.3 is 5.97 Å². The second kappa shape index (κ2) is 12.8. The van der Waals surface area contributed by atoms with E-state index in [1.807, 2.05) is 24.3 Å². The van der Waals surface area contributed by atoms with E-state index in [1.165, 1.54) is 11.8 Å². The number of nitrogens with one attached hydrogen (secondary N) is 4. The number of methoxy groups -OCH3 is 1. The van der Waals surface area contributed by atoms with Gasteiger partial charge in [-0.05, 0) is 24.6 Å². The summed E-state index contributed by atoms with van der Waals surface area (Å²) in [6.45, 7) is 2.08. The summed E-state index contributed by atoms with van der Waals surface area (Å²) in [5.74, 6) is -0.507. The van der Waals surface area contributed by atoms with Gasteiger partial charge in [0.25, 0.3) is 0 Å². The average Bonchev–Trinajstić information content (AvgIpc) is 2.75. The molecule has 1 aliphatic rings. The number of carbonyl (C=O) groups excluding carboxylic acids is 4. The molecule has 0 aromatic heterocycles. The van der Waals surface area contributed by atoms with Crippen LogP contribution in [0.25, 0.3) is 0 Å². The van der Waals surface area contributed by atoms with Crippen molar-refractivity contribution in [1.29, 1.82) is 0 Å². The quantitative estimate of drug-likeness (QED) is 0.341. The molecule has 1 aromatic carbocycles. The summed E-state index contributed by atoms with van der Waals surface area (Å²) in [5.41, 5.74) is 0.398. The summed E-state index contributed by atoms with van der Waals surface area (Å²) < 4.78 is 9.90. The van der Waals surface area contributed by atoms with Gasteiger partial charge in [0.15, 0.2) is 0 Å². The van der Waals surface area contributed by atoms with Gasteiger partial charge in [0.2, 0.25) is 17.7 Å². The molecule has 10 nitrogen and oxygen atoms in total. The standard InChI is InChI=1S/C20H28N4O6S/c1-3-30-19(28)11-22-18(27)12-31-20-23-14(9-17(26)24-20)8-16(25)21-10-13-5-4-6-15(7-13)29-2/h4-7,14,20,23H,3,8-12H2,1-2H3,(H,21,25)(H,22,27)(H,24,26). The Morgan fingerprint density at radius 1 is 1.23 bits per heavy atom. The Morgan fingerprint density at radius 2 is 2.03 bits per heavy atom. The maximum atomic E-state index is 12.3. The predicted octanol–water partition coefficient (Wildman–Crippen LogP) is -0.124. The molecule has 1 heterocycles. The fourth-order valence-electron chi connectivity index (χ4n) is 2.84. The molecule has 2 unspecified atom stereocenters. The zero-order valence-electron chi connectivity index (χ0n) is 17.6. The highest BCUT2D eigenvalue weighted by Crippen LogP contribution is 2.15. The lowest BCUT2D eigenvalue weighted by Crippen LogP contribution is -2.56. The second-order valence-electron chi connectivity index (χ2n) is 6.74. The fraction of sp³-hybridized carbons (Fsp3) is 0.500. The van der Waals surface area contributed by atoms with Crippen molar-refractivity contribution in [1.82, 2.24) is 21.3 Å². The van der Waals surface area contributed by atoms with Crippen LogP contribution in [0.3, 0.4) is 0 Å². The SMILES string of the molecule is CCOC(=O)CNC(=O)CSC1NC(=O)CC(CC(=O)NCc2cccc(OC)c2)N1. The molecule has 1 aliphatic heterocycles. The van der Waals surface area contributed by atoms with E-state index in [1.54, 1.807) is 14.0 Å². The van der Waals surface area contributed by atoms with E-state index in [0.29, 0.717) is 12.3 Å². The third kappa shape index (κ3) is 9.26. The van der Waals surface area contributed by atoms with Crippen molar-refractivity contribution in [3.63, 3.8) is 0 Å². The maximum Gasteiger partial charge on any atom is 0.325 e. The van der Waals surface area contributed by atoms with Crippen molar-refractivity contribution < 1.29 is 28.7 Å². The topological polar surface area (TPSA) is 135 Å². The Morgan fingerprint density at radius 3 is 2.77 bits per heavy atom. The molecule has 11 heteroatoms. The fourth-order valence-corrected chi connectivity index (χ4v) is 3.76. The van der Waals surface area contributed by atoms with Crippen LogP contribution in [0.1, 0.15) is 25.3 Å². The van der Waals surface area contributed by atoms with Crippen molar-refractivity contribution in [2.45, 2.75) is 37.8 Å². The smallest absolute Gasteiger partial charge is 0.325 e. The van der Waals surface area contributed by atoms with Gasteiger partial charge < -0.3 is 25.4 Å². The number of thioether (sulfide) groups is 1. The van der Waals surface area contributed by atoms with Crippen LogP contribution in [0.2, 0.25) is 0 Å². The lowest BCUT2D eigenvalue weighted by molar-refractivity contribution is -0.143. The van der Waals surface area contributed by atoms with E-state index < -0.39 is 11.5 Å². The van der Waals surface area contributed by atoms with Crippen LogP contribution < -0.4 is 26.0 Å². The molecule has 0 aliphatic carbocycles. The highest BCUT2D eigenvalue weighted by Gasteiger charge is 2.28. The maximum absolute atomic E-state index is 12.3. The number of benzene rings is 1. The zero-order chi connectivity index (χ0) is 22.6. The largest absolute Gasteiger partial charge is 0.497 e. The molecular formula is C20H28N4O6S. The molecule has 2 atom stereocenters. The van der Waals surface area contributed by atoms with E-state index >= 15 is 0 Å². The van der Waals surface area contributed by atoms with E-state index in [-0.39, 0.29) is 55.5 Å². The van der Waals surface area contributed by atoms with Gasteiger partial charge in [-0.2, -0.15) is 0 Å². The number of ether oxygens (including phenoxy) is 2. The minimum Gasteiger partial charge on any atom is -0.497 e. The molecule has 1 aromatic rings. The minimum absolute atomic E-state index is 0.0338. The summed E-state index contributed by atoms with van der Waals surface area (Å²) in [6.07, 6.45) is 0.294. The molecule has 0 spiro atoms. The van der Waals surface area contributed by atoms with Crippen LogP contribution >= 0.6 is 11.8 Å². The molecular weight excluding hydrogens is 424 g/mol. The van der Waals surface area contributed by atoms with Crippen LogP contribution in [-0.2, 0) is 30.5 Å². The summed E-state index contributed by atoms with van der Waals surface area (Å²) in [6, 6.07) is 7.04. The summed E-state index contributed by atoms with van der Waals surface area (Å²) in [7, 11) is 1.58. The first-order valence-corrected chi connectivity index (χ1v) is 10.9. The Labute approximate surface area is 185 Å². The van der Waals surface area contributed by atoms with Gasteiger partial charge in [-0.25, -0.2) is 0 Å². The number of carbonyl (C=O) groups is 4. The van der Waals surface area contributed by atoms with E-state index in [2.05, 4.69) is 21.3 Å². The van der Waals surface area contributed by atoms with Gasteiger partial charge in [0, 0.05) is 25.4 Å². The van der Waals surface area contributed by atoms with Crippen molar-refractivity contribution in [3.05, 3.63) is 29.8 Å². The first kappa shape index (κ1) is 24.5. The monoisotopic (exact) mass is 452 g/mol. The summed E-state index contributed by atoms with van der Waals surface area (Å²) in [4.78, 5) is 47.4. The van der Waals surface area contributed by atoms with Crippen molar-refractivity contribution in [3.8, 4) is 5.75 Å². The first-order chi connectivity index (χ1) is 14.9. The van der Waals surface area contributed by atoms with Gasteiger partial charge in [-0.3, -0.25) is 24.5 Å². The Balaban J connectivity index is 1.73. The number of rotatable bonds is 11. The van der Waals surface area contributed by atoms with Crippen LogP contribution in [0, 0.1) is 0 Å². The lowest BCUT2D eigenvalue weighted by atomic mass is 10.1. The van der Waals surface area contributed by atoms with Crippen LogP contribution in [-0.4, -0.2) is 61.2 Å². The minimum atomic E-state index is -0.509. The van der Waals surface area contributed by atoms with Crippen LogP contribution in [0.5, 0.6) is 5.75 Å². The third-order valence-electron chi connectivity index (χ3n) is 4.28. The molecule has 170 valence electrons. The molecule has 0 bridgehead atoms. The summed E-state index contributed by atoms with van der Waals surface area (Å²) in [5, 5.41) is 11.2. The number of hydrogen-bond acceptors (Lipinski definition) is 8.